The van der Waals surface area contributed by atoms with Crippen LogP contribution in [-0.2, 0) is 11.2 Å². The summed E-state index contributed by atoms with van der Waals surface area (Å²) in [6.07, 6.45) is 0.558. The normalized spacial score (nSPS) is 10.4. The Morgan fingerprint density at radius 3 is 2.65 bits per heavy atom. The van der Waals surface area contributed by atoms with Crippen molar-refractivity contribution >= 4 is 28.9 Å². The third-order valence-corrected chi connectivity index (χ3v) is 4.21. The second-order valence-corrected chi connectivity index (χ2v) is 5.78. The molecule has 0 saturated heterocycles. The number of thiophene rings is 1. The maximum Gasteiger partial charge on any atom is 0.147 e. The lowest BCUT2D eigenvalue weighted by atomic mass is 10.2. The molecule has 1 aromatic heterocycles. The highest BCUT2D eigenvalue weighted by Gasteiger charge is 2.05. The predicted octanol–water partition coefficient (Wildman–Crippen LogP) is 3.96. The molecule has 0 N–H and O–H groups in total. The van der Waals surface area contributed by atoms with Gasteiger partial charge in [-0.05, 0) is 41.4 Å². The van der Waals surface area contributed by atoms with Crippen molar-refractivity contribution in [2.24, 2.45) is 0 Å². The molecule has 0 saturated carbocycles. The summed E-state index contributed by atoms with van der Waals surface area (Å²) in [5.41, 5.74) is 2.38. The molecule has 0 radical (unpaired) electrons. The van der Waals surface area contributed by atoms with Gasteiger partial charge in [-0.15, -0.1) is 11.8 Å². The molecule has 1 heterocycles. The Bertz CT molecular complexity index is 471. The highest BCUT2D eigenvalue weighted by Crippen LogP contribution is 2.19. The van der Waals surface area contributed by atoms with Crippen LogP contribution in [0.25, 0.3) is 0 Å². The first-order chi connectivity index (χ1) is 8.24. The number of ketones is 1. The average molecular weight is 262 g/mol. The van der Waals surface area contributed by atoms with E-state index in [1.54, 1.807) is 23.1 Å². The van der Waals surface area contributed by atoms with Crippen LogP contribution < -0.4 is 0 Å². The molecule has 0 fully saturated rings. The van der Waals surface area contributed by atoms with Gasteiger partial charge in [0.15, 0.2) is 0 Å². The molecule has 0 unspecified atom stereocenters. The molecular weight excluding hydrogens is 248 g/mol. The van der Waals surface area contributed by atoms with Crippen molar-refractivity contribution < 1.29 is 4.79 Å². The number of aryl methyl sites for hydroxylation is 1. The van der Waals surface area contributed by atoms with Gasteiger partial charge in [0.2, 0.25) is 0 Å². The van der Waals surface area contributed by atoms with E-state index in [1.165, 1.54) is 5.56 Å². The number of carbonyl (C=O) groups is 1. The topological polar surface area (TPSA) is 17.1 Å². The average Bonchev–Trinajstić information content (AvgIpc) is 2.81. The molecular formula is C14H14OS2. The van der Waals surface area contributed by atoms with Crippen molar-refractivity contribution in [3.8, 4) is 0 Å². The van der Waals surface area contributed by atoms with E-state index in [0.717, 1.165) is 10.5 Å². The van der Waals surface area contributed by atoms with Crippen molar-refractivity contribution in [3.63, 3.8) is 0 Å². The molecule has 0 amide bonds. The Labute approximate surface area is 110 Å². The summed E-state index contributed by atoms with van der Waals surface area (Å²) in [7, 11) is 0. The molecule has 0 atom stereocenters. The van der Waals surface area contributed by atoms with Crippen molar-refractivity contribution in [2.75, 3.05) is 5.75 Å². The number of benzene rings is 1. The van der Waals surface area contributed by atoms with Crippen LogP contribution in [0.15, 0.2) is 46.0 Å². The maximum atomic E-state index is 11.7. The molecule has 3 heteroatoms. The first-order valence-corrected chi connectivity index (χ1v) is 7.39. The van der Waals surface area contributed by atoms with Gasteiger partial charge in [-0.2, -0.15) is 11.3 Å². The summed E-state index contributed by atoms with van der Waals surface area (Å²) in [5, 5.41) is 4.05. The Balaban J connectivity index is 1.82. The molecule has 2 aromatic rings. The molecule has 2 rings (SSSR count). The quantitative estimate of drug-likeness (QED) is 0.759. The summed E-state index contributed by atoms with van der Waals surface area (Å²) < 4.78 is 0. The summed E-state index contributed by atoms with van der Waals surface area (Å²) in [5.74, 6) is 0.841. The Morgan fingerprint density at radius 1 is 1.24 bits per heavy atom. The zero-order chi connectivity index (χ0) is 12.1. The standard InChI is InChI=1S/C14H14OS2/c1-11-2-4-14(5-3-11)17-10-13(15)8-12-6-7-16-9-12/h2-7,9H,8,10H2,1H3. The van der Waals surface area contributed by atoms with Crippen LogP contribution in [-0.4, -0.2) is 11.5 Å². The van der Waals surface area contributed by atoms with E-state index >= 15 is 0 Å². The van der Waals surface area contributed by atoms with Crippen LogP contribution in [0.1, 0.15) is 11.1 Å². The Morgan fingerprint density at radius 2 is 2.00 bits per heavy atom. The zero-order valence-corrected chi connectivity index (χ0v) is 11.3. The van der Waals surface area contributed by atoms with E-state index < -0.39 is 0 Å². The molecule has 0 bridgehead atoms. The van der Waals surface area contributed by atoms with Crippen LogP contribution >= 0.6 is 23.1 Å². The molecule has 0 aliphatic heterocycles. The number of rotatable bonds is 5. The fraction of sp³-hybridized carbons (Fsp3) is 0.214. The lowest BCUT2D eigenvalue weighted by Gasteiger charge is -2.01. The Hall–Kier alpha value is -1.06. The molecule has 0 spiro atoms. The van der Waals surface area contributed by atoms with Crippen molar-refractivity contribution in [1.82, 2.24) is 0 Å². The third-order valence-electron chi connectivity index (χ3n) is 2.40. The largest absolute Gasteiger partial charge is 0.298 e. The Kier molecular flexibility index (Phi) is 4.40. The lowest BCUT2D eigenvalue weighted by Crippen LogP contribution is -2.04. The smallest absolute Gasteiger partial charge is 0.147 e. The van der Waals surface area contributed by atoms with Crippen LogP contribution in [0.5, 0.6) is 0 Å². The number of carbonyl (C=O) groups excluding carboxylic acids is 1. The first-order valence-electron chi connectivity index (χ1n) is 5.46. The van der Waals surface area contributed by atoms with Crippen molar-refractivity contribution in [2.45, 2.75) is 18.2 Å². The number of thioether (sulfide) groups is 1. The molecule has 0 aliphatic rings. The lowest BCUT2D eigenvalue weighted by molar-refractivity contribution is -0.115. The van der Waals surface area contributed by atoms with Gasteiger partial charge in [-0.1, -0.05) is 17.7 Å². The fourth-order valence-corrected chi connectivity index (χ4v) is 2.90. The highest BCUT2D eigenvalue weighted by molar-refractivity contribution is 8.00. The van der Waals surface area contributed by atoms with E-state index in [2.05, 4.69) is 31.2 Å². The van der Waals surface area contributed by atoms with E-state index in [9.17, 15) is 4.79 Å². The van der Waals surface area contributed by atoms with Crippen LogP contribution in [0, 0.1) is 6.92 Å². The van der Waals surface area contributed by atoms with Crippen molar-refractivity contribution in [3.05, 3.63) is 52.2 Å². The summed E-state index contributed by atoms with van der Waals surface area (Å²) in [6.45, 7) is 2.07. The molecule has 1 aromatic carbocycles. The van der Waals surface area contributed by atoms with Gasteiger partial charge in [0, 0.05) is 11.3 Å². The van der Waals surface area contributed by atoms with E-state index in [1.807, 2.05) is 16.8 Å². The van der Waals surface area contributed by atoms with Gasteiger partial charge in [0.05, 0.1) is 5.75 Å². The molecule has 0 aliphatic carbocycles. The van der Waals surface area contributed by atoms with Gasteiger partial charge in [0.25, 0.3) is 0 Å². The highest BCUT2D eigenvalue weighted by atomic mass is 32.2. The van der Waals surface area contributed by atoms with Gasteiger partial charge in [-0.25, -0.2) is 0 Å². The van der Waals surface area contributed by atoms with Crippen LogP contribution in [0.4, 0.5) is 0 Å². The number of hydrogen-bond acceptors (Lipinski definition) is 3. The molecule has 88 valence electrons. The third kappa shape index (κ3) is 4.02. The SMILES string of the molecule is Cc1ccc(SCC(=O)Cc2ccsc2)cc1. The predicted molar refractivity (Wildman–Crippen MR) is 74.9 cm³/mol. The van der Waals surface area contributed by atoms with Crippen LogP contribution in [0.3, 0.4) is 0 Å². The van der Waals surface area contributed by atoms with Gasteiger partial charge in [0.1, 0.15) is 5.78 Å². The maximum absolute atomic E-state index is 11.7. The summed E-state index contributed by atoms with van der Waals surface area (Å²) in [6, 6.07) is 10.3. The van der Waals surface area contributed by atoms with E-state index in [-0.39, 0.29) is 5.78 Å². The minimum Gasteiger partial charge on any atom is -0.298 e. The minimum absolute atomic E-state index is 0.286. The van der Waals surface area contributed by atoms with E-state index in [4.69, 9.17) is 0 Å². The molecule has 1 nitrogen and oxygen atoms in total. The monoisotopic (exact) mass is 262 g/mol. The van der Waals surface area contributed by atoms with Gasteiger partial charge >= 0.3 is 0 Å². The summed E-state index contributed by atoms with van der Waals surface area (Å²) >= 11 is 3.25. The van der Waals surface area contributed by atoms with E-state index in [0.29, 0.717) is 12.2 Å². The van der Waals surface area contributed by atoms with Crippen molar-refractivity contribution in [1.29, 1.82) is 0 Å². The number of hydrogen-bond donors (Lipinski definition) is 0. The first kappa shape index (κ1) is 12.4. The van der Waals surface area contributed by atoms with Crippen LogP contribution in [0.2, 0.25) is 0 Å². The molecule has 17 heavy (non-hydrogen) atoms. The van der Waals surface area contributed by atoms with Gasteiger partial charge in [-0.3, -0.25) is 4.79 Å². The second-order valence-electron chi connectivity index (χ2n) is 3.95. The zero-order valence-electron chi connectivity index (χ0n) is 9.68. The minimum atomic E-state index is 0.286. The number of Topliss-reactive ketones (excluding diaryl/α,β-unsaturated/α-hetero) is 1. The fourth-order valence-electron chi connectivity index (χ4n) is 1.47. The van der Waals surface area contributed by atoms with Gasteiger partial charge < -0.3 is 0 Å². The summed E-state index contributed by atoms with van der Waals surface area (Å²) in [4.78, 5) is 12.9. The second kappa shape index (κ2) is 6.03.